The van der Waals surface area contributed by atoms with E-state index < -0.39 is 6.09 Å². The van der Waals surface area contributed by atoms with Gasteiger partial charge in [0.25, 0.3) is 5.91 Å². The summed E-state index contributed by atoms with van der Waals surface area (Å²) < 4.78 is 10.4. The van der Waals surface area contributed by atoms with Crippen molar-refractivity contribution in [3.63, 3.8) is 0 Å². The van der Waals surface area contributed by atoms with Crippen molar-refractivity contribution in [2.24, 2.45) is 0 Å². The number of nitrogens with zero attached hydrogens (tertiary/aromatic N) is 1. The Morgan fingerprint density at radius 2 is 1.83 bits per heavy atom. The molecule has 0 bridgehead atoms. The standard InChI is InChI=1S/C21H20ClN3O4/c1-13(24-20(26)19-11-23-14(2)29-19)16-5-9-18(10-6-16)25-21(27)28-12-15-3-7-17(22)8-4-15/h3-11,13H,12H2,1-2H3,(H,24,26)(H,25,27). The summed E-state index contributed by atoms with van der Waals surface area (Å²) in [5.74, 6) is 0.253. The summed E-state index contributed by atoms with van der Waals surface area (Å²) in [5, 5.41) is 6.12. The molecule has 3 aromatic rings. The number of hydrogen-bond donors (Lipinski definition) is 2. The maximum atomic E-state index is 12.1. The van der Waals surface area contributed by atoms with Crippen molar-refractivity contribution < 1.29 is 18.7 Å². The number of nitrogens with one attached hydrogen (secondary N) is 2. The molecule has 3 rings (SSSR count). The first-order valence-electron chi connectivity index (χ1n) is 8.92. The van der Waals surface area contributed by atoms with E-state index in [-0.39, 0.29) is 24.3 Å². The van der Waals surface area contributed by atoms with Gasteiger partial charge < -0.3 is 14.5 Å². The number of carbonyl (C=O) groups excluding carboxylic acids is 2. The van der Waals surface area contributed by atoms with E-state index in [1.165, 1.54) is 6.20 Å². The van der Waals surface area contributed by atoms with Crippen LogP contribution in [0.15, 0.2) is 59.1 Å². The molecule has 2 N–H and O–H groups in total. The number of carbonyl (C=O) groups is 2. The van der Waals surface area contributed by atoms with Crippen molar-refractivity contribution in [1.82, 2.24) is 10.3 Å². The highest BCUT2D eigenvalue weighted by atomic mass is 35.5. The van der Waals surface area contributed by atoms with Gasteiger partial charge in [-0.15, -0.1) is 0 Å². The summed E-state index contributed by atoms with van der Waals surface area (Å²) in [6.07, 6.45) is 0.829. The SMILES string of the molecule is Cc1ncc(C(=O)NC(C)c2ccc(NC(=O)OCc3ccc(Cl)cc3)cc2)o1. The van der Waals surface area contributed by atoms with E-state index in [4.69, 9.17) is 20.8 Å². The first-order chi connectivity index (χ1) is 13.9. The number of ether oxygens (including phenoxy) is 1. The van der Waals surface area contributed by atoms with Gasteiger partial charge in [-0.1, -0.05) is 35.9 Å². The monoisotopic (exact) mass is 413 g/mol. The Labute approximate surface area is 173 Å². The predicted octanol–water partition coefficient (Wildman–Crippen LogP) is 4.88. The fourth-order valence-electron chi connectivity index (χ4n) is 2.56. The molecule has 0 radical (unpaired) electrons. The molecule has 2 aromatic carbocycles. The van der Waals surface area contributed by atoms with E-state index in [1.54, 1.807) is 43.3 Å². The van der Waals surface area contributed by atoms with Crippen LogP contribution < -0.4 is 10.6 Å². The molecule has 2 amide bonds. The van der Waals surface area contributed by atoms with Crippen LogP contribution in [0.25, 0.3) is 0 Å². The summed E-state index contributed by atoms with van der Waals surface area (Å²) in [5.41, 5.74) is 2.29. The van der Waals surface area contributed by atoms with Gasteiger partial charge in [0.15, 0.2) is 5.89 Å². The van der Waals surface area contributed by atoms with Gasteiger partial charge in [0.05, 0.1) is 12.2 Å². The Balaban J connectivity index is 1.50. The molecule has 1 heterocycles. The number of amides is 2. The molecule has 1 atom stereocenters. The third-order valence-electron chi connectivity index (χ3n) is 4.13. The van der Waals surface area contributed by atoms with Crippen LogP contribution >= 0.6 is 11.6 Å². The summed E-state index contributed by atoms with van der Waals surface area (Å²) in [7, 11) is 0. The quantitative estimate of drug-likeness (QED) is 0.600. The highest BCUT2D eigenvalue weighted by Gasteiger charge is 2.15. The molecule has 1 unspecified atom stereocenters. The lowest BCUT2D eigenvalue weighted by Crippen LogP contribution is -2.26. The van der Waals surface area contributed by atoms with Crippen molar-refractivity contribution >= 4 is 29.3 Å². The highest BCUT2D eigenvalue weighted by molar-refractivity contribution is 6.30. The van der Waals surface area contributed by atoms with E-state index in [9.17, 15) is 9.59 Å². The van der Waals surface area contributed by atoms with Crippen LogP contribution in [0, 0.1) is 6.92 Å². The zero-order valence-electron chi connectivity index (χ0n) is 15.9. The Kier molecular flexibility index (Phi) is 6.51. The first kappa shape index (κ1) is 20.4. The summed E-state index contributed by atoms with van der Waals surface area (Å²) in [4.78, 5) is 28.0. The normalized spacial score (nSPS) is 11.6. The van der Waals surface area contributed by atoms with Crippen LogP contribution in [0.2, 0.25) is 5.02 Å². The number of oxazole rings is 1. The number of anilines is 1. The van der Waals surface area contributed by atoms with Crippen LogP contribution in [0.5, 0.6) is 0 Å². The predicted molar refractivity (Wildman–Crippen MR) is 109 cm³/mol. The Morgan fingerprint density at radius 3 is 2.45 bits per heavy atom. The molecule has 0 saturated carbocycles. The molecular weight excluding hydrogens is 394 g/mol. The van der Waals surface area contributed by atoms with Gasteiger partial charge in [-0.3, -0.25) is 10.1 Å². The molecule has 0 aliphatic carbocycles. The van der Waals surface area contributed by atoms with Gasteiger partial charge in [0.1, 0.15) is 6.61 Å². The minimum Gasteiger partial charge on any atom is -0.444 e. The highest BCUT2D eigenvalue weighted by Crippen LogP contribution is 2.17. The first-order valence-corrected chi connectivity index (χ1v) is 9.30. The van der Waals surface area contributed by atoms with Crippen LogP contribution in [-0.4, -0.2) is 17.0 Å². The molecule has 8 heteroatoms. The summed E-state index contributed by atoms with van der Waals surface area (Å²) >= 11 is 5.83. The van der Waals surface area contributed by atoms with Crippen molar-refractivity contribution in [2.45, 2.75) is 26.5 Å². The van der Waals surface area contributed by atoms with E-state index in [2.05, 4.69) is 15.6 Å². The van der Waals surface area contributed by atoms with Gasteiger partial charge in [-0.05, 0) is 42.3 Å². The average Bonchev–Trinajstić information content (AvgIpc) is 3.14. The number of halogens is 1. The second-order valence-electron chi connectivity index (χ2n) is 6.39. The molecule has 7 nitrogen and oxygen atoms in total. The minimum atomic E-state index is -0.560. The van der Waals surface area contributed by atoms with Gasteiger partial charge in [0.2, 0.25) is 5.76 Å². The van der Waals surface area contributed by atoms with Gasteiger partial charge in [0, 0.05) is 17.6 Å². The topological polar surface area (TPSA) is 93.5 Å². The number of aromatic nitrogens is 1. The molecule has 0 aliphatic heterocycles. The van der Waals surface area contributed by atoms with Crippen molar-refractivity contribution in [1.29, 1.82) is 0 Å². The van der Waals surface area contributed by atoms with Crippen LogP contribution in [0.1, 0.15) is 40.5 Å². The fraction of sp³-hybridized carbons (Fsp3) is 0.190. The third-order valence-corrected chi connectivity index (χ3v) is 4.38. The molecule has 0 fully saturated rings. The number of rotatable bonds is 6. The fourth-order valence-corrected chi connectivity index (χ4v) is 2.68. The summed E-state index contributed by atoms with van der Waals surface area (Å²) in [6, 6.07) is 13.9. The Morgan fingerprint density at radius 1 is 1.14 bits per heavy atom. The van der Waals surface area contributed by atoms with Crippen LogP contribution in [0.4, 0.5) is 10.5 Å². The Bertz CT molecular complexity index is 984. The lowest BCUT2D eigenvalue weighted by atomic mass is 10.1. The summed E-state index contributed by atoms with van der Waals surface area (Å²) in [6.45, 7) is 3.67. The lowest BCUT2D eigenvalue weighted by molar-refractivity contribution is 0.0910. The van der Waals surface area contributed by atoms with Crippen molar-refractivity contribution in [3.8, 4) is 0 Å². The van der Waals surface area contributed by atoms with E-state index in [1.807, 2.05) is 19.1 Å². The van der Waals surface area contributed by atoms with Gasteiger partial charge in [-0.2, -0.15) is 0 Å². The number of aryl methyl sites for hydroxylation is 1. The maximum absolute atomic E-state index is 12.1. The molecular formula is C21H20ClN3O4. The number of hydrogen-bond acceptors (Lipinski definition) is 5. The Hall–Kier alpha value is -3.32. The van der Waals surface area contributed by atoms with E-state index in [0.717, 1.165) is 11.1 Å². The zero-order chi connectivity index (χ0) is 20.8. The van der Waals surface area contributed by atoms with Crippen molar-refractivity contribution in [2.75, 3.05) is 5.32 Å². The molecule has 29 heavy (non-hydrogen) atoms. The molecule has 0 saturated heterocycles. The lowest BCUT2D eigenvalue weighted by Gasteiger charge is -2.14. The maximum Gasteiger partial charge on any atom is 0.411 e. The largest absolute Gasteiger partial charge is 0.444 e. The number of benzene rings is 2. The smallest absolute Gasteiger partial charge is 0.411 e. The van der Waals surface area contributed by atoms with Crippen molar-refractivity contribution in [3.05, 3.63) is 82.5 Å². The average molecular weight is 414 g/mol. The second-order valence-corrected chi connectivity index (χ2v) is 6.82. The van der Waals surface area contributed by atoms with Crippen LogP contribution in [-0.2, 0) is 11.3 Å². The van der Waals surface area contributed by atoms with E-state index in [0.29, 0.717) is 16.6 Å². The van der Waals surface area contributed by atoms with Gasteiger partial charge >= 0.3 is 6.09 Å². The third kappa shape index (κ3) is 5.83. The van der Waals surface area contributed by atoms with E-state index >= 15 is 0 Å². The molecule has 0 spiro atoms. The van der Waals surface area contributed by atoms with Crippen LogP contribution in [0.3, 0.4) is 0 Å². The second kappa shape index (κ2) is 9.25. The molecule has 150 valence electrons. The molecule has 1 aromatic heterocycles. The molecule has 0 aliphatic rings. The minimum absolute atomic E-state index is 0.144. The zero-order valence-corrected chi connectivity index (χ0v) is 16.7. The van der Waals surface area contributed by atoms with Gasteiger partial charge in [-0.25, -0.2) is 9.78 Å².